The third-order valence-electron chi connectivity index (χ3n) is 6.47. The Morgan fingerprint density at radius 3 is 1.31 bits per heavy atom. The van der Waals surface area contributed by atoms with Gasteiger partial charge in [-0.1, -0.05) is 140 Å². The first-order valence-corrected chi connectivity index (χ1v) is 17.7. The van der Waals surface area contributed by atoms with E-state index >= 15 is 0 Å². The summed E-state index contributed by atoms with van der Waals surface area (Å²) in [4.78, 5) is 0. The molecule has 0 aliphatic carbocycles. The summed E-state index contributed by atoms with van der Waals surface area (Å²) in [6.07, 6.45) is 20.2. The Labute approximate surface area is 246 Å². The van der Waals surface area contributed by atoms with Crippen LogP contribution in [0.25, 0.3) is 0 Å². The first-order valence-electron chi connectivity index (χ1n) is 13.9. The Bertz CT molecular complexity index is 810. The van der Waals surface area contributed by atoms with Gasteiger partial charge < -0.3 is 9.05 Å². The number of aryl methyl sites for hydroxylation is 2. The van der Waals surface area contributed by atoms with E-state index in [1.54, 1.807) is 0 Å². The molecule has 0 bridgehead atoms. The van der Waals surface area contributed by atoms with Gasteiger partial charge in [-0.05, 0) is 60.7 Å². The summed E-state index contributed by atoms with van der Waals surface area (Å²) in [5, 5.41) is 0. The first-order chi connectivity index (χ1) is 17.1. The van der Waals surface area contributed by atoms with Crippen LogP contribution < -0.4 is 9.05 Å². The summed E-state index contributed by atoms with van der Waals surface area (Å²) in [5.74, 6) is 1.64. The maximum absolute atomic E-state index is 6.25. The molecule has 0 N–H and O–H groups in total. The van der Waals surface area contributed by atoms with Crippen LogP contribution in [0.1, 0.15) is 115 Å². The van der Waals surface area contributed by atoms with Gasteiger partial charge in [-0.3, -0.25) is 0 Å². The maximum Gasteiger partial charge on any atom is 0.345 e. The average Bonchev–Trinajstić information content (AvgIpc) is 2.84. The van der Waals surface area contributed by atoms with Crippen LogP contribution in [0.2, 0.25) is 0 Å². The molecule has 6 heteroatoms. The normalized spacial score (nSPS) is 11.2. The van der Waals surface area contributed by atoms with Crippen molar-refractivity contribution in [2.24, 2.45) is 0 Å². The van der Waals surface area contributed by atoms with Crippen molar-refractivity contribution in [3.63, 3.8) is 0 Å². The van der Waals surface area contributed by atoms with Crippen LogP contribution >= 0.6 is 17.9 Å². The molecule has 0 amide bonds. The Hall–Kier alpha value is -0.272. The molecule has 2 nitrogen and oxygen atoms in total. The predicted octanol–water partition coefficient (Wildman–Crippen LogP) is 10.9. The summed E-state index contributed by atoms with van der Waals surface area (Å²) in [6.45, 7) is 4.53. The van der Waals surface area contributed by atoms with Crippen molar-refractivity contribution in [1.82, 2.24) is 0 Å². The topological polar surface area (TPSA) is 18.5 Å². The molecule has 0 fully saturated rings. The molecular weight excluding hydrogens is 583 g/mol. The van der Waals surface area contributed by atoms with Crippen LogP contribution in [0.5, 0.6) is 11.5 Å². The zero-order valence-electron chi connectivity index (χ0n) is 22.5. The number of hydrogen-bond acceptors (Lipinski definition) is 3. The van der Waals surface area contributed by atoms with E-state index in [4.69, 9.17) is 33.1 Å². The van der Waals surface area contributed by atoms with Gasteiger partial charge in [-0.2, -0.15) is 0 Å². The maximum atomic E-state index is 6.25. The van der Waals surface area contributed by atoms with Crippen molar-refractivity contribution in [3.8, 4) is 11.5 Å². The van der Waals surface area contributed by atoms with Crippen LogP contribution in [-0.2, 0) is 45.7 Å². The van der Waals surface area contributed by atoms with Crippen molar-refractivity contribution in [3.05, 3.63) is 59.7 Å². The molecule has 36 heavy (non-hydrogen) atoms. The van der Waals surface area contributed by atoms with Crippen LogP contribution in [0.4, 0.5) is 0 Å². The third-order valence-corrected chi connectivity index (χ3v) is 8.26. The SMILES string of the molecule is CCCCCCCCCc1ccccc1OP(=S)(S)Oc1ccccc1CCCCCCCCC.[Mo]. The molecule has 0 aliphatic heterocycles. The van der Waals surface area contributed by atoms with Crippen LogP contribution in [0, 0.1) is 0 Å². The van der Waals surface area contributed by atoms with E-state index in [1.807, 2.05) is 24.3 Å². The van der Waals surface area contributed by atoms with Crippen molar-refractivity contribution in [1.29, 1.82) is 0 Å². The monoisotopic (exact) mass is 632 g/mol. The quantitative estimate of drug-likeness (QED) is 0.0680. The number of benzene rings is 2. The molecule has 2 aromatic carbocycles. The van der Waals surface area contributed by atoms with E-state index in [1.165, 1.54) is 101 Å². The van der Waals surface area contributed by atoms with Gasteiger partial charge in [0.1, 0.15) is 11.5 Å². The molecule has 0 saturated carbocycles. The Balaban J connectivity index is 0.00000648. The molecule has 0 radical (unpaired) electrons. The van der Waals surface area contributed by atoms with E-state index in [0.717, 1.165) is 24.3 Å². The molecule has 2 aromatic rings. The Kier molecular flexibility index (Phi) is 19.4. The zero-order chi connectivity index (χ0) is 25.2. The summed E-state index contributed by atoms with van der Waals surface area (Å²) < 4.78 is 12.5. The van der Waals surface area contributed by atoms with Gasteiger partial charge in [-0.15, -0.1) is 0 Å². The second-order valence-electron chi connectivity index (χ2n) is 9.61. The number of para-hydroxylation sites is 2. The molecule has 0 unspecified atom stereocenters. The molecule has 0 aromatic heterocycles. The van der Waals surface area contributed by atoms with Gasteiger partial charge in [0.15, 0.2) is 0 Å². The molecule has 0 aliphatic rings. The molecule has 0 saturated heterocycles. The van der Waals surface area contributed by atoms with Gasteiger partial charge in [0.05, 0.1) is 0 Å². The van der Waals surface area contributed by atoms with Gasteiger partial charge in [0.2, 0.25) is 0 Å². The Morgan fingerprint density at radius 1 is 0.583 bits per heavy atom. The molecule has 0 atom stereocenters. The minimum absolute atomic E-state index is 0. The van der Waals surface area contributed by atoms with Crippen LogP contribution in [0.3, 0.4) is 0 Å². The second kappa shape index (κ2) is 20.7. The summed E-state index contributed by atoms with van der Waals surface area (Å²) >= 11 is 10.4. The van der Waals surface area contributed by atoms with E-state index in [2.05, 4.69) is 38.1 Å². The first kappa shape index (κ1) is 33.8. The number of unbranched alkanes of at least 4 members (excludes halogenated alkanes) is 12. The predicted molar refractivity (Wildman–Crippen MR) is 161 cm³/mol. The van der Waals surface area contributed by atoms with Gasteiger partial charge in [0.25, 0.3) is 0 Å². The van der Waals surface area contributed by atoms with Crippen LogP contribution in [0.15, 0.2) is 48.5 Å². The molecule has 2 rings (SSSR count). The smallest absolute Gasteiger partial charge is 0.345 e. The van der Waals surface area contributed by atoms with Crippen LogP contribution in [-0.4, -0.2) is 0 Å². The van der Waals surface area contributed by atoms with E-state index in [9.17, 15) is 0 Å². The second-order valence-corrected chi connectivity index (χ2v) is 14.7. The average molecular weight is 631 g/mol. The molecule has 0 spiro atoms. The van der Waals surface area contributed by atoms with Gasteiger partial charge in [0, 0.05) is 21.1 Å². The standard InChI is InChI=1S/C30H47O2PS2.Mo/c1-3-5-7-9-11-13-15-21-27-23-17-19-25-29(27)31-33(34,35)32-30-26-20-18-24-28(30)22-16-14-12-10-8-6-4-2;/h17-20,23-26H,3-16,21-22H2,1-2H3,(H,34,35);. The van der Waals surface area contributed by atoms with Crippen molar-refractivity contribution in [2.45, 2.75) is 117 Å². The fraction of sp³-hybridized carbons (Fsp3) is 0.600. The molecule has 0 heterocycles. The largest absolute Gasteiger partial charge is 0.428 e. The fourth-order valence-corrected chi connectivity index (χ4v) is 6.31. The third kappa shape index (κ3) is 14.6. The van der Waals surface area contributed by atoms with Crippen molar-refractivity contribution in [2.75, 3.05) is 0 Å². The number of thiol groups is 1. The van der Waals surface area contributed by atoms with Crippen molar-refractivity contribution < 1.29 is 30.1 Å². The molecule has 202 valence electrons. The van der Waals surface area contributed by atoms with E-state index in [-0.39, 0.29) is 21.1 Å². The summed E-state index contributed by atoms with van der Waals surface area (Å²) in [5.41, 5.74) is -0.381. The van der Waals surface area contributed by atoms with Crippen molar-refractivity contribution >= 4 is 29.7 Å². The van der Waals surface area contributed by atoms with Gasteiger partial charge in [-0.25, -0.2) is 0 Å². The number of hydrogen-bond donors (Lipinski definition) is 1. The minimum atomic E-state index is -2.78. The van der Waals surface area contributed by atoms with E-state index < -0.39 is 5.69 Å². The Morgan fingerprint density at radius 2 is 0.917 bits per heavy atom. The van der Waals surface area contributed by atoms with Gasteiger partial charge >= 0.3 is 5.69 Å². The zero-order valence-corrected chi connectivity index (χ0v) is 27.1. The fourth-order valence-electron chi connectivity index (χ4n) is 4.41. The number of rotatable bonds is 20. The molecular formula is C30H47MoO2PS2. The minimum Gasteiger partial charge on any atom is -0.428 e. The summed E-state index contributed by atoms with van der Waals surface area (Å²) in [7, 11) is 0. The van der Waals surface area contributed by atoms with E-state index in [0.29, 0.717) is 0 Å². The summed E-state index contributed by atoms with van der Waals surface area (Å²) in [6, 6.07) is 16.4.